The molecule has 41 heavy (non-hydrogen) atoms. The maximum atomic E-state index is 13.8. The van der Waals surface area contributed by atoms with Crippen molar-refractivity contribution in [1.82, 2.24) is 24.3 Å². The molecular formula is C35H21N5O. The van der Waals surface area contributed by atoms with Crippen molar-refractivity contribution in [3.05, 3.63) is 138 Å². The smallest absolute Gasteiger partial charge is 0.266 e. The molecule has 0 saturated heterocycles. The maximum Gasteiger partial charge on any atom is 0.266 e. The molecule has 3 aromatic heterocycles. The molecule has 6 nitrogen and oxygen atoms in total. The second-order valence-electron chi connectivity index (χ2n) is 9.91. The quantitative estimate of drug-likeness (QED) is 0.178. The van der Waals surface area contributed by atoms with Crippen LogP contribution in [-0.4, -0.2) is 24.3 Å². The van der Waals surface area contributed by atoms with Crippen LogP contribution in [0.25, 0.3) is 72.4 Å². The Morgan fingerprint density at radius 2 is 1.00 bits per heavy atom. The van der Waals surface area contributed by atoms with Gasteiger partial charge in [0.25, 0.3) is 5.56 Å². The number of fused-ring (bicyclic) bond motifs is 7. The Morgan fingerprint density at radius 1 is 0.439 bits per heavy atom. The van der Waals surface area contributed by atoms with Crippen molar-refractivity contribution in [3.8, 4) is 34.2 Å². The number of benzene rings is 5. The summed E-state index contributed by atoms with van der Waals surface area (Å²) in [5.41, 5.74) is 4.63. The van der Waals surface area contributed by atoms with Crippen molar-refractivity contribution in [3.63, 3.8) is 0 Å². The van der Waals surface area contributed by atoms with Crippen LogP contribution >= 0.6 is 0 Å². The third-order valence-electron chi connectivity index (χ3n) is 7.43. The first-order valence-corrected chi connectivity index (χ1v) is 13.4. The van der Waals surface area contributed by atoms with E-state index in [0.29, 0.717) is 34.0 Å². The van der Waals surface area contributed by atoms with Gasteiger partial charge in [-0.2, -0.15) is 0 Å². The summed E-state index contributed by atoms with van der Waals surface area (Å²) in [6.45, 7) is 0. The lowest BCUT2D eigenvalue weighted by Crippen LogP contribution is -2.16. The van der Waals surface area contributed by atoms with Crippen LogP contribution in [0.5, 0.6) is 0 Å². The van der Waals surface area contributed by atoms with Crippen LogP contribution in [0.1, 0.15) is 0 Å². The van der Waals surface area contributed by atoms with E-state index in [1.54, 1.807) is 4.40 Å². The fourth-order valence-corrected chi connectivity index (χ4v) is 5.47. The lowest BCUT2D eigenvalue weighted by atomic mass is 10.0. The molecule has 0 unspecified atom stereocenters. The van der Waals surface area contributed by atoms with Gasteiger partial charge in [-0.3, -0.25) is 9.20 Å². The van der Waals surface area contributed by atoms with E-state index in [9.17, 15) is 4.79 Å². The molecule has 0 aliphatic heterocycles. The highest BCUT2D eigenvalue weighted by molar-refractivity contribution is 6.13. The molecule has 3 heterocycles. The SMILES string of the molecule is O=c1c2ccccc2nc2c3cc(-c4nc(-c5ccccc5)nc(-c5ccccc5)n4)ccc3c3ccccc3n12. The van der Waals surface area contributed by atoms with Gasteiger partial charge >= 0.3 is 0 Å². The van der Waals surface area contributed by atoms with Crippen molar-refractivity contribution < 1.29 is 0 Å². The zero-order valence-electron chi connectivity index (χ0n) is 21.8. The normalized spacial score (nSPS) is 11.5. The topological polar surface area (TPSA) is 73.0 Å². The van der Waals surface area contributed by atoms with Gasteiger partial charge < -0.3 is 0 Å². The van der Waals surface area contributed by atoms with Crippen LogP contribution in [-0.2, 0) is 0 Å². The van der Waals surface area contributed by atoms with Gasteiger partial charge in [0.15, 0.2) is 17.5 Å². The molecule has 8 rings (SSSR count). The lowest BCUT2D eigenvalue weighted by molar-refractivity contribution is 1.07. The standard InChI is InChI=1S/C35H21N5O/c41-35-27-16-7-9-17-29(27)36-34-28-21-24(19-20-25(28)26-15-8-10-18-30(26)40(34)35)33-38-31(22-11-3-1-4-12-22)37-32(39-33)23-13-5-2-6-14-23/h1-21H. The number of para-hydroxylation sites is 2. The lowest BCUT2D eigenvalue weighted by Gasteiger charge is -2.13. The second-order valence-corrected chi connectivity index (χ2v) is 9.91. The zero-order chi connectivity index (χ0) is 27.3. The zero-order valence-corrected chi connectivity index (χ0v) is 21.8. The fourth-order valence-electron chi connectivity index (χ4n) is 5.47. The summed E-state index contributed by atoms with van der Waals surface area (Å²) in [6, 6.07) is 41.4. The van der Waals surface area contributed by atoms with Gasteiger partial charge in [-0.15, -0.1) is 0 Å². The molecule has 192 valence electrons. The monoisotopic (exact) mass is 527 g/mol. The van der Waals surface area contributed by atoms with Crippen molar-refractivity contribution in [2.24, 2.45) is 0 Å². The minimum atomic E-state index is -0.0907. The van der Waals surface area contributed by atoms with E-state index in [4.69, 9.17) is 19.9 Å². The third-order valence-corrected chi connectivity index (χ3v) is 7.43. The Hall–Kier alpha value is -5.75. The Labute approximate surface area is 234 Å². The average Bonchev–Trinajstić information content (AvgIpc) is 3.05. The molecule has 6 heteroatoms. The summed E-state index contributed by atoms with van der Waals surface area (Å²) in [4.78, 5) is 33.4. The molecule has 0 spiro atoms. The van der Waals surface area contributed by atoms with E-state index < -0.39 is 0 Å². The van der Waals surface area contributed by atoms with Crippen molar-refractivity contribution in [1.29, 1.82) is 0 Å². The summed E-state index contributed by atoms with van der Waals surface area (Å²) < 4.78 is 1.72. The highest BCUT2D eigenvalue weighted by atomic mass is 16.1. The molecule has 0 N–H and O–H groups in total. The van der Waals surface area contributed by atoms with Crippen LogP contribution in [0.2, 0.25) is 0 Å². The maximum absolute atomic E-state index is 13.8. The summed E-state index contributed by atoms with van der Waals surface area (Å²) in [7, 11) is 0. The van der Waals surface area contributed by atoms with Crippen LogP contribution < -0.4 is 5.56 Å². The van der Waals surface area contributed by atoms with Gasteiger partial charge in [-0.25, -0.2) is 19.9 Å². The molecule has 0 bridgehead atoms. The number of nitrogens with zero attached hydrogens (tertiary/aromatic N) is 5. The van der Waals surface area contributed by atoms with E-state index >= 15 is 0 Å². The molecule has 0 aliphatic carbocycles. The Bertz CT molecular complexity index is 2270. The Morgan fingerprint density at radius 3 is 1.68 bits per heavy atom. The van der Waals surface area contributed by atoms with Crippen LogP contribution in [0.3, 0.4) is 0 Å². The first kappa shape index (κ1) is 23.2. The molecule has 0 amide bonds. The summed E-state index contributed by atoms with van der Waals surface area (Å²) in [5.74, 6) is 1.74. The summed E-state index contributed by atoms with van der Waals surface area (Å²) in [5, 5.41) is 3.42. The van der Waals surface area contributed by atoms with Crippen LogP contribution in [0.15, 0.2) is 132 Å². The van der Waals surface area contributed by atoms with Crippen LogP contribution in [0, 0.1) is 0 Å². The number of hydrogen-bond acceptors (Lipinski definition) is 5. The molecular weight excluding hydrogens is 506 g/mol. The molecule has 8 aromatic rings. The second kappa shape index (κ2) is 9.17. The predicted molar refractivity (Wildman–Crippen MR) is 164 cm³/mol. The predicted octanol–water partition coefficient (Wildman–Crippen LogP) is 7.34. The molecule has 0 atom stereocenters. The molecule has 5 aromatic carbocycles. The number of aromatic nitrogens is 5. The van der Waals surface area contributed by atoms with E-state index in [1.807, 2.05) is 121 Å². The van der Waals surface area contributed by atoms with E-state index in [1.165, 1.54) is 0 Å². The summed E-state index contributed by atoms with van der Waals surface area (Å²) >= 11 is 0. The van der Waals surface area contributed by atoms with Gasteiger partial charge in [0.2, 0.25) is 0 Å². The number of hydrogen-bond donors (Lipinski definition) is 0. The molecule has 0 fully saturated rings. The third kappa shape index (κ3) is 3.77. The van der Waals surface area contributed by atoms with Gasteiger partial charge in [0.05, 0.1) is 16.4 Å². The minimum absolute atomic E-state index is 0.0907. The van der Waals surface area contributed by atoms with Crippen molar-refractivity contribution in [2.45, 2.75) is 0 Å². The van der Waals surface area contributed by atoms with Gasteiger partial charge in [0.1, 0.15) is 5.65 Å². The highest BCUT2D eigenvalue weighted by Crippen LogP contribution is 2.32. The molecule has 0 aliphatic rings. The van der Waals surface area contributed by atoms with Crippen molar-refractivity contribution in [2.75, 3.05) is 0 Å². The van der Waals surface area contributed by atoms with Gasteiger partial charge in [-0.05, 0) is 29.7 Å². The number of rotatable bonds is 3. The van der Waals surface area contributed by atoms with E-state index in [0.717, 1.165) is 38.4 Å². The van der Waals surface area contributed by atoms with Gasteiger partial charge in [-0.1, -0.05) is 103 Å². The fraction of sp³-hybridized carbons (Fsp3) is 0. The Kier molecular flexibility index (Phi) is 5.18. The van der Waals surface area contributed by atoms with Gasteiger partial charge in [0, 0.05) is 27.5 Å². The summed E-state index contributed by atoms with van der Waals surface area (Å²) in [6.07, 6.45) is 0. The molecule has 0 radical (unpaired) electrons. The number of pyridine rings is 1. The largest absolute Gasteiger partial charge is 0.268 e. The van der Waals surface area contributed by atoms with E-state index in [2.05, 4.69) is 6.07 Å². The Balaban J connectivity index is 1.45. The average molecular weight is 528 g/mol. The molecule has 0 saturated carbocycles. The first-order chi connectivity index (χ1) is 20.2. The van der Waals surface area contributed by atoms with Crippen molar-refractivity contribution >= 4 is 38.2 Å². The first-order valence-electron chi connectivity index (χ1n) is 13.4. The highest BCUT2D eigenvalue weighted by Gasteiger charge is 2.17. The van der Waals surface area contributed by atoms with Crippen LogP contribution in [0.4, 0.5) is 0 Å². The van der Waals surface area contributed by atoms with E-state index in [-0.39, 0.29) is 5.56 Å². The minimum Gasteiger partial charge on any atom is -0.268 e.